The fourth-order valence-corrected chi connectivity index (χ4v) is 3.89. The Morgan fingerprint density at radius 1 is 1.20 bits per heavy atom. The second kappa shape index (κ2) is 11.1. The van der Waals surface area contributed by atoms with E-state index in [1.165, 1.54) is 17.5 Å². The lowest BCUT2D eigenvalue weighted by atomic mass is 9.98. The van der Waals surface area contributed by atoms with Crippen molar-refractivity contribution in [1.29, 1.82) is 0 Å². The molecule has 0 radical (unpaired) electrons. The number of nitrogens with two attached hydrogens (primary N) is 1. The van der Waals surface area contributed by atoms with Crippen molar-refractivity contribution in [3.8, 4) is 5.75 Å². The Balaban J connectivity index is 1.68. The summed E-state index contributed by atoms with van der Waals surface area (Å²) in [4.78, 5) is 11.7. The molecule has 0 saturated carbocycles. The molecule has 0 spiro atoms. The van der Waals surface area contributed by atoms with Crippen molar-refractivity contribution in [2.24, 2.45) is 17.6 Å². The van der Waals surface area contributed by atoms with Gasteiger partial charge in [0.15, 0.2) is 0 Å². The largest absolute Gasteiger partial charge is 0.493 e. The standard InChI is InChI=1S/C25H35N3O2/c1-18(2)17-30-23-12-19(7-8-22-5-3-4-6-24(22)25(26)29)11-21(13-23)16-28-15-20-9-10-27-14-20/h3-6,11-13,18,20,27-28H,7-10,14-17H2,1-2H3,(H2,26,29). The molecule has 1 amide bonds. The van der Waals surface area contributed by atoms with E-state index in [1.54, 1.807) is 6.07 Å². The average molecular weight is 410 g/mol. The first kappa shape index (κ1) is 22.3. The van der Waals surface area contributed by atoms with Gasteiger partial charge in [0.25, 0.3) is 0 Å². The van der Waals surface area contributed by atoms with E-state index in [-0.39, 0.29) is 5.91 Å². The van der Waals surface area contributed by atoms with E-state index in [0.29, 0.717) is 18.1 Å². The quantitative estimate of drug-likeness (QED) is 0.532. The van der Waals surface area contributed by atoms with Crippen LogP contribution in [0.2, 0.25) is 0 Å². The summed E-state index contributed by atoms with van der Waals surface area (Å²) in [7, 11) is 0. The number of benzene rings is 2. The molecule has 0 aliphatic carbocycles. The Kier molecular flexibility index (Phi) is 8.29. The van der Waals surface area contributed by atoms with Gasteiger partial charge in [0.2, 0.25) is 5.91 Å². The minimum Gasteiger partial charge on any atom is -0.493 e. The molecule has 1 heterocycles. The van der Waals surface area contributed by atoms with Crippen molar-refractivity contribution in [3.63, 3.8) is 0 Å². The van der Waals surface area contributed by atoms with E-state index in [0.717, 1.165) is 56.3 Å². The van der Waals surface area contributed by atoms with Gasteiger partial charge in [-0.2, -0.15) is 0 Å². The number of carbonyl (C=O) groups is 1. The van der Waals surface area contributed by atoms with Crippen LogP contribution in [0.3, 0.4) is 0 Å². The molecule has 1 aliphatic rings. The van der Waals surface area contributed by atoms with Crippen LogP contribution in [0.15, 0.2) is 42.5 Å². The van der Waals surface area contributed by atoms with Crippen LogP contribution < -0.4 is 21.1 Å². The third kappa shape index (κ3) is 6.85. The van der Waals surface area contributed by atoms with Crippen LogP contribution >= 0.6 is 0 Å². The highest BCUT2D eigenvalue weighted by Crippen LogP contribution is 2.21. The van der Waals surface area contributed by atoms with E-state index < -0.39 is 0 Å². The molecule has 2 aromatic carbocycles. The van der Waals surface area contributed by atoms with Gasteiger partial charge in [0.1, 0.15) is 5.75 Å². The van der Waals surface area contributed by atoms with Gasteiger partial charge in [-0.1, -0.05) is 38.1 Å². The fourth-order valence-electron chi connectivity index (χ4n) is 3.89. The Bertz CT molecular complexity index is 829. The zero-order valence-electron chi connectivity index (χ0n) is 18.2. The highest BCUT2D eigenvalue weighted by atomic mass is 16.5. The van der Waals surface area contributed by atoms with Crippen molar-refractivity contribution in [2.75, 3.05) is 26.2 Å². The number of hydrogen-bond acceptors (Lipinski definition) is 4. The van der Waals surface area contributed by atoms with Crippen molar-refractivity contribution < 1.29 is 9.53 Å². The molecule has 1 saturated heterocycles. The Hall–Kier alpha value is -2.37. The van der Waals surface area contributed by atoms with E-state index in [4.69, 9.17) is 10.5 Å². The van der Waals surface area contributed by atoms with Crippen molar-refractivity contribution in [1.82, 2.24) is 10.6 Å². The lowest BCUT2D eigenvalue weighted by molar-refractivity contribution is 0.0999. The number of amides is 1. The predicted octanol–water partition coefficient (Wildman–Crippen LogP) is 3.30. The van der Waals surface area contributed by atoms with Crippen LogP contribution in [0.25, 0.3) is 0 Å². The van der Waals surface area contributed by atoms with E-state index in [1.807, 2.05) is 18.2 Å². The Morgan fingerprint density at radius 3 is 2.73 bits per heavy atom. The van der Waals surface area contributed by atoms with Crippen LogP contribution in [-0.4, -0.2) is 32.1 Å². The third-order valence-corrected chi connectivity index (χ3v) is 5.50. The molecule has 1 unspecified atom stereocenters. The van der Waals surface area contributed by atoms with Crippen LogP contribution in [0.4, 0.5) is 0 Å². The monoisotopic (exact) mass is 409 g/mol. The summed E-state index contributed by atoms with van der Waals surface area (Å²) in [6.07, 6.45) is 2.85. The highest BCUT2D eigenvalue weighted by Gasteiger charge is 2.14. The van der Waals surface area contributed by atoms with Gasteiger partial charge >= 0.3 is 0 Å². The molecule has 0 aromatic heterocycles. The molecule has 1 aliphatic heterocycles. The number of nitrogens with one attached hydrogen (secondary N) is 2. The molecule has 2 aromatic rings. The molecule has 5 heteroatoms. The summed E-state index contributed by atoms with van der Waals surface area (Å²) in [5.74, 6) is 1.75. The molecule has 0 bridgehead atoms. The van der Waals surface area contributed by atoms with Crippen molar-refractivity contribution in [3.05, 3.63) is 64.7 Å². The first-order chi connectivity index (χ1) is 14.5. The maximum Gasteiger partial charge on any atom is 0.248 e. The molecular weight excluding hydrogens is 374 g/mol. The zero-order valence-corrected chi connectivity index (χ0v) is 18.2. The summed E-state index contributed by atoms with van der Waals surface area (Å²) < 4.78 is 6.03. The third-order valence-electron chi connectivity index (χ3n) is 5.50. The van der Waals surface area contributed by atoms with Gasteiger partial charge in [-0.05, 0) is 85.6 Å². The van der Waals surface area contributed by atoms with Crippen molar-refractivity contribution >= 4 is 5.91 Å². The number of ether oxygens (including phenoxy) is 1. The number of primary amides is 1. The fraction of sp³-hybridized carbons (Fsp3) is 0.480. The second-order valence-electron chi connectivity index (χ2n) is 8.70. The van der Waals surface area contributed by atoms with Crippen molar-refractivity contribution in [2.45, 2.75) is 39.7 Å². The SMILES string of the molecule is CC(C)COc1cc(CCc2ccccc2C(N)=O)cc(CNCC2CCNC2)c1. The molecule has 1 atom stereocenters. The summed E-state index contributed by atoms with van der Waals surface area (Å²) in [6.45, 7) is 9.11. The van der Waals surface area contributed by atoms with E-state index >= 15 is 0 Å². The van der Waals surface area contributed by atoms with Gasteiger partial charge in [0, 0.05) is 12.1 Å². The van der Waals surface area contributed by atoms with Crippen LogP contribution in [0.5, 0.6) is 5.75 Å². The number of rotatable bonds is 11. The highest BCUT2D eigenvalue weighted by molar-refractivity contribution is 5.94. The summed E-state index contributed by atoms with van der Waals surface area (Å²) in [5, 5.41) is 7.02. The maximum absolute atomic E-state index is 11.7. The molecule has 4 N–H and O–H groups in total. The summed E-state index contributed by atoms with van der Waals surface area (Å²) in [6, 6.07) is 14.1. The van der Waals surface area contributed by atoms with E-state index in [9.17, 15) is 4.79 Å². The molecule has 5 nitrogen and oxygen atoms in total. The summed E-state index contributed by atoms with van der Waals surface area (Å²) >= 11 is 0. The van der Waals surface area contributed by atoms with Gasteiger partial charge in [0.05, 0.1) is 6.61 Å². The first-order valence-corrected chi connectivity index (χ1v) is 11.1. The minimum atomic E-state index is -0.370. The second-order valence-corrected chi connectivity index (χ2v) is 8.70. The normalized spacial score (nSPS) is 16.2. The number of hydrogen-bond donors (Lipinski definition) is 3. The smallest absolute Gasteiger partial charge is 0.248 e. The van der Waals surface area contributed by atoms with Crippen LogP contribution in [0, 0.1) is 11.8 Å². The lowest BCUT2D eigenvalue weighted by Crippen LogP contribution is -2.24. The average Bonchev–Trinajstić information content (AvgIpc) is 3.24. The molecular formula is C25H35N3O2. The van der Waals surface area contributed by atoms with E-state index in [2.05, 4.69) is 42.7 Å². The number of carbonyl (C=O) groups excluding carboxylic acids is 1. The zero-order chi connectivity index (χ0) is 21.3. The minimum absolute atomic E-state index is 0.370. The molecule has 30 heavy (non-hydrogen) atoms. The summed E-state index contributed by atoms with van der Waals surface area (Å²) in [5.41, 5.74) is 9.59. The van der Waals surface area contributed by atoms with Gasteiger partial charge in [-0.3, -0.25) is 4.79 Å². The van der Waals surface area contributed by atoms with Gasteiger partial charge in [-0.25, -0.2) is 0 Å². The van der Waals surface area contributed by atoms with Gasteiger partial charge in [-0.15, -0.1) is 0 Å². The molecule has 3 rings (SSSR count). The van der Waals surface area contributed by atoms with Crippen LogP contribution in [-0.2, 0) is 19.4 Å². The molecule has 162 valence electrons. The first-order valence-electron chi connectivity index (χ1n) is 11.1. The number of aryl methyl sites for hydroxylation is 2. The molecule has 1 fully saturated rings. The lowest BCUT2D eigenvalue weighted by Gasteiger charge is -2.15. The Labute approximate surface area is 180 Å². The Morgan fingerprint density at radius 2 is 2.00 bits per heavy atom. The topological polar surface area (TPSA) is 76.4 Å². The maximum atomic E-state index is 11.7. The van der Waals surface area contributed by atoms with Gasteiger partial charge < -0.3 is 21.1 Å². The van der Waals surface area contributed by atoms with Crippen LogP contribution in [0.1, 0.15) is 47.3 Å². The predicted molar refractivity (Wildman–Crippen MR) is 122 cm³/mol.